The topological polar surface area (TPSA) is 38.0 Å². The number of hydrogen-bond donors (Lipinski definition) is 1. The van der Waals surface area contributed by atoms with Gasteiger partial charge >= 0.3 is 0 Å². The first-order valence-corrected chi connectivity index (χ1v) is 5.90. The van der Waals surface area contributed by atoms with Crippen molar-refractivity contribution < 1.29 is 5.11 Å². The molecule has 0 aliphatic rings. The van der Waals surface area contributed by atoms with Gasteiger partial charge in [0.2, 0.25) is 0 Å². The number of aromatic nitrogens is 2. The fourth-order valence-corrected chi connectivity index (χ4v) is 1.88. The van der Waals surface area contributed by atoms with E-state index in [0.29, 0.717) is 11.7 Å². The zero-order valence-electron chi connectivity index (χ0n) is 10.2. The monoisotopic (exact) mass is 210 g/mol. The van der Waals surface area contributed by atoms with Gasteiger partial charge in [-0.25, -0.2) is 0 Å². The van der Waals surface area contributed by atoms with Crippen LogP contribution in [0.25, 0.3) is 0 Å². The molecule has 1 rings (SSSR count). The van der Waals surface area contributed by atoms with Crippen LogP contribution < -0.4 is 0 Å². The Hall–Kier alpha value is -0.990. The molecule has 86 valence electrons. The van der Waals surface area contributed by atoms with Crippen molar-refractivity contribution in [2.75, 3.05) is 0 Å². The maximum Gasteiger partial charge on any atom is 0.160 e. The molecule has 0 amide bonds. The molecule has 0 bridgehead atoms. The minimum absolute atomic E-state index is 0.328. The van der Waals surface area contributed by atoms with Gasteiger partial charge < -0.3 is 5.11 Å². The molecule has 1 heterocycles. The average Bonchev–Trinajstić information content (AvgIpc) is 2.45. The van der Waals surface area contributed by atoms with Gasteiger partial charge in [0, 0.05) is 6.54 Å². The van der Waals surface area contributed by atoms with Gasteiger partial charge in [-0.15, -0.1) is 0 Å². The van der Waals surface area contributed by atoms with Crippen LogP contribution in [0.4, 0.5) is 0 Å². The van der Waals surface area contributed by atoms with E-state index < -0.39 is 0 Å². The molecule has 3 nitrogen and oxygen atoms in total. The molecule has 0 radical (unpaired) electrons. The van der Waals surface area contributed by atoms with Crippen molar-refractivity contribution in [3.63, 3.8) is 0 Å². The molecule has 1 aromatic rings. The molecular weight excluding hydrogens is 188 g/mol. The Morgan fingerprint density at radius 3 is 2.40 bits per heavy atom. The summed E-state index contributed by atoms with van der Waals surface area (Å²) < 4.78 is 1.96. The minimum Gasteiger partial charge on any atom is -0.504 e. The quantitative estimate of drug-likeness (QED) is 0.811. The summed E-state index contributed by atoms with van der Waals surface area (Å²) in [5, 5.41) is 14.5. The first-order valence-electron chi connectivity index (χ1n) is 5.90. The highest BCUT2D eigenvalue weighted by atomic mass is 16.3. The van der Waals surface area contributed by atoms with Crippen LogP contribution in [0.15, 0.2) is 0 Å². The average molecular weight is 210 g/mol. The third-order valence-electron chi connectivity index (χ3n) is 2.50. The van der Waals surface area contributed by atoms with Crippen molar-refractivity contribution in [2.24, 2.45) is 0 Å². The second-order valence-electron chi connectivity index (χ2n) is 4.31. The van der Waals surface area contributed by atoms with Crippen molar-refractivity contribution in [3.8, 4) is 5.75 Å². The second kappa shape index (κ2) is 5.19. The van der Waals surface area contributed by atoms with Crippen LogP contribution in [-0.4, -0.2) is 14.9 Å². The molecule has 0 fully saturated rings. The number of aryl methyl sites for hydroxylation is 2. The lowest BCUT2D eigenvalue weighted by Crippen LogP contribution is -2.05. The molecule has 1 aromatic heterocycles. The number of nitrogens with zero attached hydrogens (tertiary/aromatic N) is 2. The van der Waals surface area contributed by atoms with Crippen LogP contribution in [0.5, 0.6) is 5.75 Å². The van der Waals surface area contributed by atoms with Crippen LogP contribution in [-0.2, 0) is 13.0 Å². The van der Waals surface area contributed by atoms with Crippen LogP contribution in [0.3, 0.4) is 0 Å². The molecule has 0 unspecified atom stereocenters. The third kappa shape index (κ3) is 2.52. The first-order chi connectivity index (χ1) is 7.11. The lowest BCUT2D eigenvalue weighted by molar-refractivity contribution is 0.451. The van der Waals surface area contributed by atoms with Gasteiger partial charge in [0.15, 0.2) is 5.75 Å². The van der Waals surface area contributed by atoms with Gasteiger partial charge in [-0.05, 0) is 18.8 Å². The van der Waals surface area contributed by atoms with Crippen molar-refractivity contribution in [2.45, 2.75) is 59.4 Å². The summed E-state index contributed by atoms with van der Waals surface area (Å²) in [5.74, 6) is 0.745. The molecule has 0 atom stereocenters. The summed E-state index contributed by atoms with van der Waals surface area (Å²) in [7, 11) is 0. The van der Waals surface area contributed by atoms with E-state index in [1.54, 1.807) is 0 Å². The van der Waals surface area contributed by atoms with Crippen LogP contribution >= 0.6 is 0 Å². The van der Waals surface area contributed by atoms with E-state index in [-0.39, 0.29) is 0 Å². The smallest absolute Gasteiger partial charge is 0.160 e. The highest BCUT2D eigenvalue weighted by Gasteiger charge is 2.18. The Kier molecular flexibility index (Phi) is 4.18. The van der Waals surface area contributed by atoms with Crippen molar-refractivity contribution >= 4 is 0 Å². The number of rotatable bonds is 5. The van der Waals surface area contributed by atoms with E-state index >= 15 is 0 Å². The molecule has 0 aliphatic heterocycles. The Morgan fingerprint density at radius 2 is 1.93 bits per heavy atom. The predicted molar refractivity (Wildman–Crippen MR) is 62.3 cm³/mol. The fraction of sp³-hybridized carbons (Fsp3) is 0.750. The lowest BCUT2D eigenvalue weighted by atomic mass is 10.1. The fourth-order valence-electron chi connectivity index (χ4n) is 1.88. The van der Waals surface area contributed by atoms with Crippen LogP contribution in [0.1, 0.15) is 57.8 Å². The maximum absolute atomic E-state index is 10.1. The van der Waals surface area contributed by atoms with E-state index in [2.05, 4.69) is 32.8 Å². The van der Waals surface area contributed by atoms with E-state index in [9.17, 15) is 5.11 Å². The maximum atomic E-state index is 10.1. The number of hydrogen-bond acceptors (Lipinski definition) is 2. The highest BCUT2D eigenvalue weighted by molar-refractivity contribution is 5.34. The molecule has 0 saturated carbocycles. The van der Waals surface area contributed by atoms with Gasteiger partial charge in [0.05, 0.1) is 5.69 Å². The number of aromatic hydroxyl groups is 1. The van der Waals surface area contributed by atoms with Crippen molar-refractivity contribution in [1.82, 2.24) is 9.78 Å². The van der Waals surface area contributed by atoms with E-state index in [1.807, 2.05) is 4.68 Å². The van der Waals surface area contributed by atoms with Gasteiger partial charge in [-0.2, -0.15) is 5.10 Å². The Bertz CT molecular complexity index is 316. The normalized spacial score (nSPS) is 11.3. The molecule has 0 spiro atoms. The van der Waals surface area contributed by atoms with Crippen LogP contribution in [0.2, 0.25) is 0 Å². The Balaban J connectivity index is 3.08. The van der Waals surface area contributed by atoms with E-state index in [4.69, 9.17) is 0 Å². The summed E-state index contributed by atoms with van der Waals surface area (Å²) in [6.07, 6.45) is 2.93. The zero-order chi connectivity index (χ0) is 11.4. The molecule has 0 saturated heterocycles. The van der Waals surface area contributed by atoms with E-state index in [1.165, 1.54) is 0 Å². The molecule has 1 N–H and O–H groups in total. The summed E-state index contributed by atoms with van der Waals surface area (Å²) >= 11 is 0. The first kappa shape index (κ1) is 12.1. The molecule has 0 aromatic carbocycles. The Morgan fingerprint density at radius 1 is 1.27 bits per heavy atom. The van der Waals surface area contributed by atoms with Gasteiger partial charge in [0.1, 0.15) is 5.69 Å². The third-order valence-corrected chi connectivity index (χ3v) is 2.50. The summed E-state index contributed by atoms with van der Waals surface area (Å²) in [5.41, 5.74) is 1.84. The van der Waals surface area contributed by atoms with Gasteiger partial charge in [-0.1, -0.05) is 34.1 Å². The van der Waals surface area contributed by atoms with Gasteiger partial charge in [0.25, 0.3) is 0 Å². The van der Waals surface area contributed by atoms with E-state index in [0.717, 1.165) is 37.2 Å². The molecular formula is C12H22N2O. The van der Waals surface area contributed by atoms with Crippen molar-refractivity contribution in [3.05, 3.63) is 11.4 Å². The Labute approximate surface area is 92.1 Å². The summed E-state index contributed by atoms with van der Waals surface area (Å²) in [6.45, 7) is 9.32. The lowest BCUT2D eigenvalue weighted by Gasteiger charge is -2.08. The SMILES string of the molecule is CCCc1nn(CCC)c(C(C)C)c1O. The van der Waals surface area contributed by atoms with Gasteiger partial charge in [-0.3, -0.25) is 4.68 Å². The standard InChI is InChI=1S/C12H22N2O/c1-5-7-10-12(15)11(9(3)4)14(13-10)8-6-2/h9,15H,5-8H2,1-4H3. The molecule has 3 heteroatoms. The molecule has 0 aliphatic carbocycles. The second-order valence-corrected chi connectivity index (χ2v) is 4.31. The summed E-state index contributed by atoms with van der Waals surface area (Å²) in [6, 6.07) is 0. The van der Waals surface area contributed by atoms with Crippen LogP contribution in [0, 0.1) is 0 Å². The highest BCUT2D eigenvalue weighted by Crippen LogP contribution is 2.29. The summed E-state index contributed by atoms with van der Waals surface area (Å²) in [4.78, 5) is 0. The largest absolute Gasteiger partial charge is 0.504 e. The van der Waals surface area contributed by atoms with Crippen molar-refractivity contribution in [1.29, 1.82) is 0 Å². The zero-order valence-corrected chi connectivity index (χ0v) is 10.2. The minimum atomic E-state index is 0.328. The molecule has 15 heavy (non-hydrogen) atoms. The predicted octanol–water partition coefficient (Wildman–Crippen LogP) is 3.07.